The van der Waals surface area contributed by atoms with Gasteiger partial charge >= 0.3 is 0 Å². The molecule has 0 unspecified atom stereocenters. The SMILES string of the molecule is c1ccc2c(c1)sc1c(-c3c4ccccc4c(-c4cccc5c4ccc4c(-c6ccc7sccc7c6)coc45)c4ccccc34)cccc12. The van der Waals surface area contributed by atoms with Gasteiger partial charge in [0.1, 0.15) is 5.58 Å². The molecule has 0 aliphatic rings. The molecule has 11 rings (SSSR count). The zero-order valence-electron chi connectivity index (χ0n) is 26.2. The Bertz CT molecular complexity index is 3060. The Morgan fingerprint density at radius 1 is 0.408 bits per heavy atom. The third-order valence-electron chi connectivity index (χ3n) is 10.2. The summed E-state index contributed by atoms with van der Waals surface area (Å²) in [6.45, 7) is 0. The van der Waals surface area contributed by atoms with Gasteiger partial charge in [0.05, 0.1) is 6.26 Å². The van der Waals surface area contributed by atoms with Crippen molar-refractivity contribution in [3.05, 3.63) is 157 Å². The molecule has 0 N–H and O–H groups in total. The highest BCUT2D eigenvalue weighted by molar-refractivity contribution is 7.26. The van der Waals surface area contributed by atoms with Gasteiger partial charge in [0.2, 0.25) is 0 Å². The van der Waals surface area contributed by atoms with Gasteiger partial charge in [-0.3, -0.25) is 0 Å². The first kappa shape index (κ1) is 27.2. The van der Waals surface area contributed by atoms with Crippen LogP contribution in [-0.4, -0.2) is 0 Å². The van der Waals surface area contributed by atoms with E-state index in [1.165, 1.54) is 85.0 Å². The van der Waals surface area contributed by atoms with Crippen LogP contribution < -0.4 is 0 Å². The van der Waals surface area contributed by atoms with Gasteiger partial charge in [0, 0.05) is 46.8 Å². The van der Waals surface area contributed by atoms with Gasteiger partial charge in [-0.05, 0) is 90.3 Å². The summed E-state index contributed by atoms with van der Waals surface area (Å²) in [6, 6.07) is 53.6. The van der Waals surface area contributed by atoms with E-state index >= 15 is 0 Å². The van der Waals surface area contributed by atoms with E-state index < -0.39 is 0 Å². The topological polar surface area (TPSA) is 13.1 Å². The maximum atomic E-state index is 6.42. The molecule has 0 aliphatic carbocycles. The van der Waals surface area contributed by atoms with Gasteiger partial charge in [0.15, 0.2) is 0 Å². The first-order valence-electron chi connectivity index (χ1n) is 16.6. The molecular formula is C46H26OS2. The zero-order chi connectivity index (χ0) is 32.1. The zero-order valence-corrected chi connectivity index (χ0v) is 27.9. The number of fused-ring (bicyclic) bond motifs is 9. The molecule has 0 saturated carbocycles. The van der Waals surface area contributed by atoms with Crippen molar-refractivity contribution in [1.29, 1.82) is 0 Å². The van der Waals surface area contributed by atoms with Gasteiger partial charge in [-0.2, -0.15) is 0 Å². The van der Waals surface area contributed by atoms with Crippen LogP contribution in [0.5, 0.6) is 0 Å². The highest BCUT2D eigenvalue weighted by Gasteiger charge is 2.21. The smallest absolute Gasteiger partial charge is 0.142 e. The molecule has 0 atom stereocenters. The normalized spacial score (nSPS) is 12.1. The van der Waals surface area contributed by atoms with E-state index in [1.54, 1.807) is 11.3 Å². The van der Waals surface area contributed by atoms with Crippen LogP contribution in [-0.2, 0) is 0 Å². The molecule has 0 saturated heterocycles. The lowest BCUT2D eigenvalue weighted by Crippen LogP contribution is -1.92. The summed E-state index contributed by atoms with van der Waals surface area (Å²) in [6.07, 6.45) is 1.93. The summed E-state index contributed by atoms with van der Waals surface area (Å²) < 4.78 is 10.4. The van der Waals surface area contributed by atoms with Crippen LogP contribution >= 0.6 is 22.7 Å². The minimum Gasteiger partial charge on any atom is -0.463 e. The highest BCUT2D eigenvalue weighted by atomic mass is 32.1. The Morgan fingerprint density at radius 3 is 1.82 bits per heavy atom. The van der Waals surface area contributed by atoms with Gasteiger partial charge in [-0.1, -0.05) is 115 Å². The van der Waals surface area contributed by atoms with Crippen LogP contribution in [0, 0.1) is 0 Å². The number of thiophene rings is 2. The lowest BCUT2D eigenvalue weighted by Gasteiger charge is -2.19. The van der Waals surface area contributed by atoms with E-state index in [-0.39, 0.29) is 0 Å². The molecule has 0 fully saturated rings. The summed E-state index contributed by atoms with van der Waals surface area (Å²) in [5.74, 6) is 0. The van der Waals surface area contributed by atoms with E-state index in [9.17, 15) is 0 Å². The molecule has 3 aromatic heterocycles. The quantitative estimate of drug-likeness (QED) is 0.172. The van der Waals surface area contributed by atoms with Crippen molar-refractivity contribution in [1.82, 2.24) is 0 Å². The van der Waals surface area contributed by atoms with Crippen molar-refractivity contribution >= 4 is 96.2 Å². The molecule has 49 heavy (non-hydrogen) atoms. The van der Waals surface area contributed by atoms with Crippen LogP contribution in [0.3, 0.4) is 0 Å². The van der Waals surface area contributed by atoms with Gasteiger partial charge in [-0.15, -0.1) is 22.7 Å². The fourth-order valence-electron chi connectivity index (χ4n) is 8.08. The second kappa shape index (κ2) is 10.4. The van der Waals surface area contributed by atoms with E-state index in [4.69, 9.17) is 4.42 Å². The maximum absolute atomic E-state index is 6.42. The monoisotopic (exact) mass is 658 g/mol. The molecule has 11 aromatic rings. The molecule has 0 radical (unpaired) electrons. The van der Waals surface area contributed by atoms with Crippen molar-refractivity contribution < 1.29 is 4.42 Å². The fourth-order valence-corrected chi connectivity index (χ4v) is 10.1. The van der Waals surface area contributed by atoms with Gasteiger partial charge in [-0.25, -0.2) is 0 Å². The Balaban J connectivity index is 1.19. The van der Waals surface area contributed by atoms with Crippen LogP contribution in [0.2, 0.25) is 0 Å². The summed E-state index contributed by atoms with van der Waals surface area (Å²) in [5, 5.41) is 14.6. The van der Waals surface area contributed by atoms with Crippen LogP contribution in [0.4, 0.5) is 0 Å². The lowest BCUT2D eigenvalue weighted by atomic mass is 9.84. The van der Waals surface area contributed by atoms with Crippen LogP contribution in [0.15, 0.2) is 162 Å². The number of hydrogen-bond acceptors (Lipinski definition) is 3. The molecule has 0 amide bonds. The first-order chi connectivity index (χ1) is 24.3. The molecule has 0 bridgehead atoms. The van der Waals surface area contributed by atoms with Crippen molar-refractivity contribution in [2.24, 2.45) is 0 Å². The largest absolute Gasteiger partial charge is 0.463 e. The maximum Gasteiger partial charge on any atom is 0.142 e. The minimum atomic E-state index is 0.932. The number of benzene rings is 8. The van der Waals surface area contributed by atoms with Gasteiger partial charge in [0.25, 0.3) is 0 Å². The van der Waals surface area contributed by atoms with E-state index in [2.05, 4.69) is 151 Å². The summed E-state index contributed by atoms with van der Waals surface area (Å²) in [4.78, 5) is 0. The fraction of sp³-hybridized carbons (Fsp3) is 0. The predicted molar refractivity (Wildman–Crippen MR) is 213 cm³/mol. The van der Waals surface area contributed by atoms with Crippen molar-refractivity contribution in [3.8, 4) is 33.4 Å². The van der Waals surface area contributed by atoms with Crippen molar-refractivity contribution in [3.63, 3.8) is 0 Å². The molecule has 8 aromatic carbocycles. The second-order valence-corrected chi connectivity index (χ2v) is 14.8. The number of furan rings is 1. The van der Waals surface area contributed by atoms with E-state index in [0.29, 0.717) is 0 Å². The van der Waals surface area contributed by atoms with Crippen molar-refractivity contribution in [2.75, 3.05) is 0 Å². The Morgan fingerprint density at radius 2 is 1.04 bits per heavy atom. The molecule has 1 nitrogen and oxygen atoms in total. The highest BCUT2D eigenvalue weighted by Crippen LogP contribution is 2.49. The molecule has 228 valence electrons. The molecule has 0 spiro atoms. The third kappa shape index (κ3) is 3.92. The molecule has 3 heterocycles. The predicted octanol–water partition coefficient (Wildman–Crippen LogP) is 14.5. The van der Waals surface area contributed by atoms with E-state index in [1.807, 2.05) is 17.6 Å². The molecular weight excluding hydrogens is 633 g/mol. The summed E-state index contributed by atoms with van der Waals surface area (Å²) in [5.41, 5.74) is 8.32. The number of rotatable bonds is 3. The van der Waals surface area contributed by atoms with E-state index in [0.717, 1.165) is 21.9 Å². The Hall–Kier alpha value is -5.74. The number of hydrogen-bond donors (Lipinski definition) is 0. The second-order valence-electron chi connectivity index (χ2n) is 12.8. The lowest BCUT2D eigenvalue weighted by molar-refractivity contribution is 0.620. The molecule has 0 aliphatic heterocycles. The first-order valence-corrected chi connectivity index (χ1v) is 18.3. The van der Waals surface area contributed by atoms with Crippen LogP contribution in [0.25, 0.3) is 107 Å². The Labute approximate surface area is 289 Å². The molecule has 3 heteroatoms. The summed E-state index contributed by atoms with van der Waals surface area (Å²) in [7, 11) is 0. The van der Waals surface area contributed by atoms with Gasteiger partial charge < -0.3 is 4.42 Å². The minimum absolute atomic E-state index is 0.932. The Kier molecular flexibility index (Phi) is 5.77. The average Bonchev–Trinajstić information content (AvgIpc) is 3.90. The summed E-state index contributed by atoms with van der Waals surface area (Å²) >= 11 is 3.67. The van der Waals surface area contributed by atoms with Crippen molar-refractivity contribution in [2.45, 2.75) is 0 Å². The average molecular weight is 659 g/mol. The standard InChI is InChI=1S/C46H26OS2/c1-3-12-34-32(10-1)43(33-11-2-4-13-35(33)44(34)39-17-8-16-38-30-9-5-6-18-42(30)49-46(38)39)31-14-7-15-36-29(31)20-21-37-40(26-47-45(36)37)27-19-22-41-28(25-27)23-24-48-41/h1-26H. The van der Waals surface area contributed by atoms with Crippen LogP contribution in [0.1, 0.15) is 0 Å². The third-order valence-corrected chi connectivity index (χ3v) is 12.4.